The molecule has 2 aromatic heterocycles. The minimum Gasteiger partial charge on any atom is -0.335 e. The van der Waals surface area contributed by atoms with Crippen LogP contribution in [-0.2, 0) is 16.6 Å². The van der Waals surface area contributed by atoms with Gasteiger partial charge in [-0.15, -0.1) is 0 Å². The number of pyridine rings is 1. The summed E-state index contributed by atoms with van der Waals surface area (Å²) >= 11 is 0. The van der Waals surface area contributed by atoms with Crippen molar-refractivity contribution >= 4 is 20.9 Å². The van der Waals surface area contributed by atoms with Gasteiger partial charge in [-0.1, -0.05) is 24.3 Å². The zero-order valence-corrected chi connectivity index (χ0v) is 11.3. The Labute approximate surface area is 115 Å². The average Bonchev–Trinajstić information content (AvgIpc) is 3.00. The summed E-state index contributed by atoms with van der Waals surface area (Å²) in [4.78, 5) is 10.6. The van der Waals surface area contributed by atoms with Crippen molar-refractivity contribution in [2.24, 2.45) is 0 Å². The predicted molar refractivity (Wildman–Crippen MR) is 74.4 cm³/mol. The number of nitrogens with one attached hydrogen (secondary N) is 2. The average molecular weight is 288 g/mol. The van der Waals surface area contributed by atoms with Crippen molar-refractivity contribution in [1.29, 1.82) is 0 Å². The van der Waals surface area contributed by atoms with Gasteiger partial charge in [-0.25, -0.2) is 18.1 Å². The molecule has 20 heavy (non-hydrogen) atoms. The second-order valence-corrected chi connectivity index (χ2v) is 5.97. The molecule has 0 aliphatic carbocycles. The lowest BCUT2D eigenvalue weighted by Gasteiger charge is -2.07. The Kier molecular flexibility index (Phi) is 3.21. The fraction of sp³-hybridized carbons (Fsp3) is 0.0769. The van der Waals surface area contributed by atoms with E-state index in [-0.39, 0.29) is 11.6 Å². The Hall–Kier alpha value is -2.25. The number of hydrogen-bond donors (Lipinski definition) is 2. The third kappa shape index (κ3) is 2.40. The molecule has 0 bridgehead atoms. The summed E-state index contributed by atoms with van der Waals surface area (Å²) in [6, 6.07) is 9.46. The van der Waals surface area contributed by atoms with Gasteiger partial charge < -0.3 is 4.98 Å². The van der Waals surface area contributed by atoms with Gasteiger partial charge in [-0.2, -0.15) is 0 Å². The molecule has 0 fully saturated rings. The molecular formula is C13H12N4O2S. The van der Waals surface area contributed by atoms with Crippen molar-refractivity contribution < 1.29 is 8.42 Å². The molecule has 0 spiro atoms. The Morgan fingerprint density at radius 3 is 2.85 bits per heavy atom. The number of hydrogen-bond acceptors (Lipinski definition) is 4. The van der Waals surface area contributed by atoms with Gasteiger partial charge in [0, 0.05) is 18.1 Å². The third-order valence-corrected chi connectivity index (χ3v) is 4.26. The fourth-order valence-corrected chi connectivity index (χ4v) is 2.86. The molecule has 102 valence electrons. The van der Waals surface area contributed by atoms with E-state index in [4.69, 9.17) is 0 Å². The van der Waals surface area contributed by atoms with Crippen LogP contribution in [-0.4, -0.2) is 23.4 Å². The molecule has 6 nitrogen and oxygen atoms in total. The molecule has 0 amide bonds. The normalized spacial score (nSPS) is 11.8. The van der Waals surface area contributed by atoms with E-state index in [2.05, 4.69) is 19.7 Å². The van der Waals surface area contributed by atoms with Gasteiger partial charge in [0.2, 0.25) is 0 Å². The first-order valence-corrected chi connectivity index (χ1v) is 7.46. The molecule has 0 saturated heterocycles. The maximum Gasteiger partial charge on any atom is 0.257 e. The lowest BCUT2D eigenvalue weighted by atomic mass is 10.1. The summed E-state index contributed by atoms with van der Waals surface area (Å²) in [5, 5.41) is 1.02. The topological polar surface area (TPSA) is 87.7 Å². The largest absolute Gasteiger partial charge is 0.335 e. The van der Waals surface area contributed by atoms with Crippen LogP contribution in [0.3, 0.4) is 0 Å². The van der Waals surface area contributed by atoms with E-state index in [9.17, 15) is 8.42 Å². The zero-order chi connectivity index (χ0) is 14.0. The quantitative estimate of drug-likeness (QED) is 0.760. The molecule has 0 aliphatic rings. The minimum atomic E-state index is -3.58. The zero-order valence-electron chi connectivity index (χ0n) is 10.4. The Balaban J connectivity index is 1.88. The minimum absolute atomic E-state index is 0.0469. The maximum absolute atomic E-state index is 12.0. The van der Waals surface area contributed by atoms with Crippen molar-refractivity contribution in [3.05, 3.63) is 54.6 Å². The molecule has 7 heteroatoms. The van der Waals surface area contributed by atoms with Crippen LogP contribution in [0.15, 0.2) is 54.1 Å². The molecule has 0 unspecified atom stereocenters. The number of sulfonamides is 1. The molecule has 0 atom stereocenters. The highest BCUT2D eigenvalue weighted by atomic mass is 32.2. The standard InChI is InChI=1S/C13H12N4O2S/c18-20(19,12-8-14-9-16-12)17-7-11-4-1-3-10-5-2-6-15-13(10)11/h1-6,8-9,17H,7H2,(H,14,16). The summed E-state index contributed by atoms with van der Waals surface area (Å²) < 4.78 is 26.5. The van der Waals surface area contributed by atoms with Crippen LogP contribution < -0.4 is 4.72 Å². The van der Waals surface area contributed by atoms with Crippen LogP contribution in [0.4, 0.5) is 0 Å². The van der Waals surface area contributed by atoms with E-state index in [1.165, 1.54) is 12.5 Å². The van der Waals surface area contributed by atoms with Gasteiger partial charge in [0.1, 0.15) is 0 Å². The first-order chi connectivity index (χ1) is 9.67. The first-order valence-electron chi connectivity index (χ1n) is 5.97. The molecule has 2 N–H and O–H groups in total. The van der Waals surface area contributed by atoms with Crippen LogP contribution in [0.25, 0.3) is 10.9 Å². The Morgan fingerprint density at radius 1 is 1.20 bits per heavy atom. The van der Waals surface area contributed by atoms with Crippen LogP contribution in [0.2, 0.25) is 0 Å². The van der Waals surface area contributed by atoms with Crippen molar-refractivity contribution in [2.75, 3.05) is 0 Å². The number of imidazole rings is 1. The van der Waals surface area contributed by atoms with Crippen molar-refractivity contribution in [3.63, 3.8) is 0 Å². The number of benzene rings is 1. The second kappa shape index (κ2) is 5.03. The molecule has 3 rings (SSSR count). The van der Waals surface area contributed by atoms with E-state index >= 15 is 0 Å². The van der Waals surface area contributed by atoms with Gasteiger partial charge in [0.15, 0.2) is 5.03 Å². The van der Waals surface area contributed by atoms with Crippen LogP contribution >= 0.6 is 0 Å². The smallest absolute Gasteiger partial charge is 0.257 e. The Morgan fingerprint density at radius 2 is 2.05 bits per heavy atom. The number of H-pyrrole nitrogens is 1. The SMILES string of the molecule is O=S(=O)(NCc1cccc2cccnc12)c1cnc[nH]1. The molecule has 0 aliphatic heterocycles. The number of rotatable bonds is 4. The van der Waals surface area contributed by atoms with Crippen molar-refractivity contribution in [2.45, 2.75) is 11.6 Å². The number of fused-ring (bicyclic) bond motifs is 1. The summed E-state index contributed by atoms with van der Waals surface area (Å²) in [7, 11) is -3.58. The summed E-state index contributed by atoms with van der Waals surface area (Å²) in [6.45, 7) is 0.176. The lowest BCUT2D eigenvalue weighted by molar-refractivity contribution is 0.578. The maximum atomic E-state index is 12.0. The van der Waals surface area contributed by atoms with Crippen molar-refractivity contribution in [1.82, 2.24) is 19.7 Å². The fourth-order valence-electron chi connectivity index (χ4n) is 1.95. The first kappa shape index (κ1) is 12.8. The van der Waals surface area contributed by atoms with Crippen LogP contribution in [0.1, 0.15) is 5.56 Å². The van der Waals surface area contributed by atoms with E-state index in [0.29, 0.717) is 0 Å². The second-order valence-electron chi connectivity index (χ2n) is 4.23. The molecule has 2 heterocycles. The molecule has 3 aromatic rings. The molecular weight excluding hydrogens is 276 g/mol. The Bertz CT molecular complexity index is 823. The monoisotopic (exact) mass is 288 g/mol. The van der Waals surface area contributed by atoms with Gasteiger partial charge in [-0.3, -0.25) is 4.98 Å². The summed E-state index contributed by atoms with van der Waals surface area (Å²) in [5.41, 5.74) is 1.62. The van der Waals surface area contributed by atoms with Gasteiger partial charge in [0.25, 0.3) is 10.0 Å². The molecule has 0 radical (unpaired) electrons. The number of para-hydroxylation sites is 1. The molecule has 1 aromatic carbocycles. The number of aromatic amines is 1. The predicted octanol–water partition coefficient (Wildman–Crippen LogP) is 1.44. The third-order valence-electron chi connectivity index (χ3n) is 2.93. The highest BCUT2D eigenvalue weighted by Gasteiger charge is 2.15. The number of nitrogens with zero attached hydrogens (tertiary/aromatic N) is 2. The lowest BCUT2D eigenvalue weighted by Crippen LogP contribution is -2.23. The van der Waals surface area contributed by atoms with Gasteiger partial charge in [0.05, 0.1) is 18.0 Å². The van der Waals surface area contributed by atoms with Crippen LogP contribution in [0.5, 0.6) is 0 Å². The van der Waals surface area contributed by atoms with Crippen molar-refractivity contribution in [3.8, 4) is 0 Å². The summed E-state index contributed by atoms with van der Waals surface area (Å²) in [5.74, 6) is 0. The highest BCUT2D eigenvalue weighted by molar-refractivity contribution is 7.89. The van der Waals surface area contributed by atoms with E-state index < -0.39 is 10.0 Å². The highest BCUT2D eigenvalue weighted by Crippen LogP contribution is 2.16. The number of aromatic nitrogens is 3. The van der Waals surface area contributed by atoms with Gasteiger partial charge in [-0.05, 0) is 11.6 Å². The molecule has 0 saturated carbocycles. The van der Waals surface area contributed by atoms with Gasteiger partial charge >= 0.3 is 0 Å². The van der Waals surface area contributed by atoms with E-state index in [0.717, 1.165) is 16.5 Å². The van der Waals surface area contributed by atoms with Crippen LogP contribution in [0, 0.1) is 0 Å². The van der Waals surface area contributed by atoms with E-state index in [1.54, 1.807) is 6.20 Å². The summed E-state index contributed by atoms with van der Waals surface area (Å²) in [6.07, 6.45) is 4.28. The van der Waals surface area contributed by atoms with E-state index in [1.807, 2.05) is 30.3 Å².